The summed E-state index contributed by atoms with van der Waals surface area (Å²) in [6, 6.07) is 11.5. The molecule has 0 aliphatic heterocycles. The molecule has 2 rings (SSSR count). The number of benzene rings is 2. The topological polar surface area (TPSA) is 47.3 Å². The number of nitrogen functional groups attached to an aromatic ring is 1. The van der Waals surface area contributed by atoms with Gasteiger partial charge in [-0.3, -0.25) is 0 Å². The number of methoxy groups -OCH3 is 1. The summed E-state index contributed by atoms with van der Waals surface area (Å²) in [7, 11) is 1.63. The number of hydrogen-bond acceptors (Lipinski definition) is 3. The van der Waals surface area contributed by atoms with E-state index in [4.69, 9.17) is 22.1 Å². The second-order valence-corrected chi connectivity index (χ2v) is 5.66. The molecule has 0 unspecified atom stereocenters. The SMILES string of the molecule is COc1cccc(Cl)c1CNc1ccc(I)cc1N. The van der Waals surface area contributed by atoms with Crippen molar-refractivity contribution in [3.05, 3.63) is 50.6 Å². The molecule has 0 heterocycles. The summed E-state index contributed by atoms with van der Waals surface area (Å²) in [6.07, 6.45) is 0. The lowest BCUT2D eigenvalue weighted by atomic mass is 10.2. The van der Waals surface area contributed by atoms with E-state index in [2.05, 4.69) is 27.9 Å². The smallest absolute Gasteiger partial charge is 0.125 e. The van der Waals surface area contributed by atoms with Crippen LogP contribution in [0.4, 0.5) is 11.4 Å². The third kappa shape index (κ3) is 3.45. The van der Waals surface area contributed by atoms with Crippen molar-refractivity contribution in [2.24, 2.45) is 0 Å². The van der Waals surface area contributed by atoms with Crippen molar-refractivity contribution in [3.63, 3.8) is 0 Å². The maximum absolute atomic E-state index is 6.19. The monoisotopic (exact) mass is 388 g/mol. The summed E-state index contributed by atoms with van der Waals surface area (Å²) in [5.74, 6) is 0.768. The van der Waals surface area contributed by atoms with Crippen molar-refractivity contribution in [2.75, 3.05) is 18.2 Å². The van der Waals surface area contributed by atoms with Crippen molar-refractivity contribution in [1.29, 1.82) is 0 Å². The first kappa shape index (κ1) is 14.3. The lowest BCUT2D eigenvalue weighted by Crippen LogP contribution is -2.04. The van der Waals surface area contributed by atoms with Crippen molar-refractivity contribution in [2.45, 2.75) is 6.54 Å². The fourth-order valence-corrected chi connectivity index (χ4v) is 2.53. The molecule has 0 spiro atoms. The van der Waals surface area contributed by atoms with Crippen LogP contribution in [0.5, 0.6) is 5.75 Å². The van der Waals surface area contributed by atoms with Gasteiger partial charge in [0.05, 0.1) is 18.5 Å². The van der Waals surface area contributed by atoms with Crippen molar-refractivity contribution in [1.82, 2.24) is 0 Å². The summed E-state index contributed by atoms with van der Waals surface area (Å²) < 4.78 is 6.41. The maximum atomic E-state index is 6.19. The van der Waals surface area contributed by atoms with Gasteiger partial charge in [-0.25, -0.2) is 0 Å². The second-order valence-electron chi connectivity index (χ2n) is 4.01. The molecule has 0 fully saturated rings. The van der Waals surface area contributed by atoms with Crippen LogP contribution in [0.3, 0.4) is 0 Å². The first-order chi connectivity index (χ1) is 9.11. The molecule has 100 valence electrons. The van der Waals surface area contributed by atoms with Gasteiger partial charge in [-0.15, -0.1) is 0 Å². The van der Waals surface area contributed by atoms with Gasteiger partial charge in [0.1, 0.15) is 5.75 Å². The number of nitrogens with one attached hydrogen (secondary N) is 1. The number of ether oxygens (including phenoxy) is 1. The Kier molecular flexibility index (Phi) is 4.76. The van der Waals surface area contributed by atoms with Gasteiger partial charge in [0.2, 0.25) is 0 Å². The van der Waals surface area contributed by atoms with Crippen LogP contribution in [0, 0.1) is 3.57 Å². The van der Waals surface area contributed by atoms with Gasteiger partial charge in [0, 0.05) is 20.7 Å². The molecule has 0 aliphatic carbocycles. The van der Waals surface area contributed by atoms with Crippen molar-refractivity contribution < 1.29 is 4.74 Å². The number of hydrogen-bond donors (Lipinski definition) is 2. The van der Waals surface area contributed by atoms with Gasteiger partial charge in [0.25, 0.3) is 0 Å². The van der Waals surface area contributed by atoms with Crippen LogP contribution in [0.2, 0.25) is 5.02 Å². The molecule has 2 aromatic carbocycles. The van der Waals surface area contributed by atoms with E-state index in [0.29, 0.717) is 11.6 Å². The van der Waals surface area contributed by atoms with E-state index in [1.54, 1.807) is 7.11 Å². The first-order valence-electron chi connectivity index (χ1n) is 5.72. The fourth-order valence-electron chi connectivity index (χ4n) is 1.78. The van der Waals surface area contributed by atoms with Crippen LogP contribution in [-0.2, 0) is 6.54 Å². The lowest BCUT2D eigenvalue weighted by molar-refractivity contribution is 0.410. The molecular formula is C14H14ClIN2O. The normalized spacial score (nSPS) is 10.3. The molecule has 3 nitrogen and oxygen atoms in total. The van der Waals surface area contributed by atoms with Gasteiger partial charge in [0.15, 0.2) is 0 Å². The zero-order valence-corrected chi connectivity index (χ0v) is 13.3. The summed E-state index contributed by atoms with van der Waals surface area (Å²) in [6.45, 7) is 0.563. The summed E-state index contributed by atoms with van der Waals surface area (Å²) in [5.41, 5.74) is 8.49. The molecule has 0 amide bonds. The highest BCUT2D eigenvalue weighted by Crippen LogP contribution is 2.28. The van der Waals surface area contributed by atoms with Gasteiger partial charge in [-0.1, -0.05) is 17.7 Å². The largest absolute Gasteiger partial charge is 0.496 e. The summed E-state index contributed by atoms with van der Waals surface area (Å²) >= 11 is 8.42. The first-order valence-corrected chi connectivity index (χ1v) is 7.17. The molecule has 0 saturated carbocycles. The van der Waals surface area contributed by atoms with E-state index < -0.39 is 0 Å². The van der Waals surface area contributed by atoms with Crippen LogP contribution in [0.25, 0.3) is 0 Å². The van der Waals surface area contributed by atoms with E-state index in [1.165, 1.54) is 0 Å². The minimum Gasteiger partial charge on any atom is -0.496 e. The number of nitrogens with two attached hydrogens (primary N) is 1. The van der Waals surface area contributed by atoms with Crippen LogP contribution in [0.1, 0.15) is 5.56 Å². The minimum absolute atomic E-state index is 0.563. The molecule has 3 N–H and O–H groups in total. The Hall–Kier alpha value is -1.14. The molecule has 0 radical (unpaired) electrons. The van der Waals surface area contributed by atoms with Gasteiger partial charge >= 0.3 is 0 Å². The molecule has 0 atom stereocenters. The Labute approximate surface area is 131 Å². The third-order valence-corrected chi connectivity index (χ3v) is 3.79. The van der Waals surface area contributed by atoms with Crippen molar-refractivity contribution >= 4 is 45.6 Å². The summed E-state index contributed by atoms with van der Waals surface area (Å²) in [4.78, 5) is 0. The molecule has 2 aromatic rings. The highest BCUT2D eigenvalue weighted by molar-refractivity contribution is 14.1. The molecule has 0 aliphatic rings. The van der Waals surface area contributed by atoms with Gasteiger partial charge in [-0.05, 0) is 52.9 Å². The Bertz CT molecular complexity index is 590. The van der Waals surface area contributed by atoms with Crippen LogP contribution < -0.4 is 15.8 Å². The van der Waals surface area contributed by atoms with Gasteiger partial charge in [-0.2, -0.15) is 0 Å². The Morgan fingerprint density at radius 3 is 2.79 bits per heavy atom. The van der Waals surface area contributed by atoms with Gasteiger partial charge < -0.3 is 15.8 Å². The highest BCUT2D eigenvalue weighted by Gasteiger charge is 2.08. The number of anilines is 2. The zero-order chi connectivity index (χ0) is 13.8. The molecule has 0 saturated heterocycles. The molecular weight excluding hydrogens is 375 g/mol. The quantitative estimate of drug-likeness (QED) is 0.611. The van der Waals surface area contributed by atoms with E-state index in [9.17, 15) is 0 Å². The number of rotatable bonds is 4. The molecule has 5 heteroatoms. The second kappa shape index (κ2) is 6.34. The number of halogens is 2. The Morgan fingerprint density at radius 1 is 1.32 bits per heavy atom. The zero-order valence-electron chi connectivity index (χ0n) is 10.4. The predicted octanol–water partition coefficient (Wildman–Crippen LogP) is 4.15. The molecule has 19 heavy (non-hydrogen) atoms. The van der Waals surface area contributed by atoms with Crippen LogP contribution in [0.15, 0.2) is 36.4 Å². The Balaban J connectivity index is 2.19. The Morgan fingerprint density at radius 2 is 2.11 bits per heavy atom. The fraction of sp³-hybridized carbons (Fsp3) is 0.143. The van der Waals surface area contributed by atoms with E-state index in [-0.39, 0.29) is 0 Å². The van der Waals surface area contributed by atoms with E-state index in [0.717, 1.165) is 26.3 Å². The van der Waals surface area contributed by atoms with Crippen molar-refractivity contribution in [3.8, 4) is 5.75 Å². The van der Waals surface area contributed by atoms with E-state index >= 15 is 0 Å². The average Bonchev–Trinajstić information content (AvgIpc) is 2.39. The van der Waals surface area contributed by atoms with Crippen LogP contribution >= 0.6 is 34.2 Å². The van der Waals surface area contributed by atoms with E-state index in [1.807, 2.05) is 36.4 Å². The minimum atomic E-state index is 0.563. The molecule has 0 bridgehead atoms. The maximum Gasteiger partial charge on any atom is 0.125 e. The molecule has 0 aromatic heterocycles. The highest BCUT2D eigenvalue weighted by atomic mass is 127. The predicted molar refractivity (Wildman–Crippen MR) is 88.9 cm³/mol. The lowest BCUT2D eigenvalue weighted by Gasteiger charge is -2.13. The summed E-state index contributed by atoms with van der Waals surface area (Å²) in [5, 5.41) is 3.96. The average molecular weight is 389 g/mol. The van der Waals surface area contributed by atoms with Crippen LogP contribution in [-0.4, -0.2) is 7.11 Å². The third-order valence-electron chi connectivity index (χ3n) is 2.77. The standard InChI is InChI=1S/C14H14ClIN2O/c1-19-14-4-2-3-11(15)10(14)8-18-13-6-5-9(16)7-12(13)17/h2-7,18H,8,17H2,1H3.